The molecule has 0 aliphatic carbocycles. The van der Waals surface area contributed by atoms with Gasteiger partial charge in [0.1, 0.15) is 12.2 Å². The fourth-order valence-corrected chi connectivity index (χ4v) is 2.04. The zero-order valence-corrected chi connectivity index (χ0v) is 11.2. The molecular weight excluding hydrogens is 248 g/mol. The highest BCUT2D eigenvalue weighted by molar-refractivity contribution is 6.30. The Morgan fingerprint density at radius 2 is 2.28 bits per heavy atom. The molecule has 5 heteroatoms. The molecule has 0 fully saturated rings. The Labute approximate surface area is 112 Å². The Kier molecular flexibility index (Phi) is 4.73. The zero-order chi connectivity index (χ0) is 12.8. The van der Waals surface area contributed by atoms with E-state index in [4.69, 9.17) is 11.6 Å². The normalized spacial score (nSPS) is 10.8. The summed E-state index contributed by atoms with van der Waals surface area (Å²) in [4.78, 5) is 4.09. The first-order valence-electron chi connectivity index (χ1n) is 6.05. The van der Waals surface area contributed by atoms with Crippen molar-refractivity contribution in [1.82, 2.24) is 20.5 Å². The van der Waals surface area contributed by atoms with Crippen LogP contribution in [0.3, 0.4) is 0 Å². The van der Waals surface area contributed by atoms with Crippen molar-refractivity contribution in [3.05, 3.63) is 46.5 Å². The summed E-state index contributed by atoms with van der Waals surface area (Å²) >= 11 is 5.92. The van der Waals surface area contributed by atoms with Crippen LogP contribution >= 0.6 is 11.6 Å². The molecule has 0 bridgehead atoms. The highest BCUT2D eigenvalue weighted by Gasteiger charge is 1.99. The minimum atomic E-state index is 0.793. The highest BCUT2D eigenvalue weighted by atomic mass is 35.5. The lowest BCUT2D eigenvalue weighted by Crippen LogP contribution is -2.16. The third-order valence-corrected chi connectivity index (χ3v) is 3.09. The fourth-order valence-electron chi connectivity index (χ4n) is 1.81. The van der Waals surface area contributed by atoms with E-state index in [9.17, 15) is 0 Å². The molecule has 2 N–H and O–H groups in total. The minimum absolute atomic E-state index is 0.793. The first-order valence-corrected chi connectivity index (χ1v) is 6.43. The molecular formula is C13H17ClN4. The van der Waals surface area contributed by atoms with Gasteiger partial charge in [-0.2, -0.15) is 5.10 Å². The number of rotatable bonds is 6. The third kappa shape index (κ3) is 3.82. The lowest BCUT2D eigenvalue weighted by Gasteiger charge is -2.07. The first-order chi connectivity index (χ1) is 8.75. The molecule has 0 atom stereocenters. The fraction of sp³-hybridized carbons (Fsp3) is 0.385. The van der Waals surface area contributed by atoms with Crippen molar-refractivity contribution in [3.63, 3.8) is 0 Å². The molecule has 96 valence electrons. The van der Waals surface area contributed by atoms with Crippen molar-refractivity contribution in [2.75, 3.05) is 6.54 Å². The van der Waals surface area contributed by atoms with E-state index in [0.29, 0.717) is 0 Å². The average Bonchev–Trinajstić information content (AvgIpc) is 2.84. The molecule has 0 radical (unpaired) electrons. The van der Waals surface area contributed by atoms with E-state index in [1.807, 2.05) is 12.1 Å². The van der Waals surface area contributed by atoms with Gasteiger partial charge >= 0.3 is 0 Å². The molecule has 0 saturated carbocycles. The largest absolute Gasteiger partial charge is 0.313 e. The number of aromatic amines is 1. The van der Waals surface area contributed by atoms with Gasteiger partial charge in [0, 0.05) is 18.0 Å². The Bertz CT molecular complexity index is 482. The second-order valence-corrected chi connectivity index (χ2v) is 4.72. The lowest BCUT2D eigenvalue weighted by molar-refractivity contribution is 0.638. The van der Waals surface area contributed by atoms with Crippen LogP contribution < -0.4 is 5.32 Å². The molecule has 2 aromatic rings. The highest BCUT2D eigenvalue weighted by Crippen LogP contribution is 2.14. The summed E-state index contributed by atoms with van der Waals surface area (Å²) in [6.07, 6.45) is 3.51. The number of nitrogens with zero attached hydrogens (tertiary/aromatic N) is 2. The maximum Gasteiger partial charge on any atom is 0.137 e. The van der Waals surface area contributed by atoms with Gasteiger partial charge in [-0.15, -0.1) is 0 Å². The van der Waals surface area contributed by atoms with Gasteiger partial charge in [0.25, 0.3) is 0 Å². The molecule has 1 aromatic heterocycles. The molecule has 0 amide bonds. The molecule has 0 aliphatic heterocycles. The number of nitrogens with one attached hydrogen (secondary N) is 2. The van der Waals surface area contributed by atoms with Gasteiger partial charge in [-0.3, -0.25) is 5.10 Å². The first kappa shape index (κ1) is 13.1. The molecule has 18 heavy (non-hydrogen) atoms. The predicted molar refractivity (Wildman–Crippen MR) is 72.6 cm³/mol. The van der Waals surface area contributed by atoms with Crippen molar-refractivity contribution in [1.29, 1.82) is 0 Å². The van der Waals surface area contributed by atoms with Crippen molar-refractivity contribution >= 4 is 11.6 Å². The van der Waals surface area contributed by atoms with Gasteiger partial charge in [0.15, 0.2) is 0 Å². The summed E-state index contributed by atoms with van der Waals surface area (Å²) in [7, 11) is 0. The topological polar surface area (TPSA) is 53.6 Å². The lowest BCUT2D eigenvalue weighted by atomic mass is 10.1. The van der Waals surface area contributed by atoms with Crippen LogP contribution in [-0.4, -0.2) is 21.7 Å². The SMILES string of the molecule is Cc1cc(Cl)ccc1CNCCCc1ncn[nH]1. The third-order valence-electron chi connectivity index (χ3n) is 2.85. The summed E-state index contributed by atoms with van der Waals surface area (Å²) in [5.74, 6) is 0.944. The van der Waals surface area contributed by atoms with Gasteiger partial charge < -0.3 is 5.32 Å². The Morgan fingerprint density at radius 1 is 1.39 bits per heavy atom. The van der Waals surface area contributed by atoms with E-state index in [0.717, 1.165) is 36.8 Å². The summed E-state index contributed by atoms with van der Waals surface area (Å²) in [6, 6.07) is 5.99. The van der Waals surface area contributed by atoms with Gasteiger partial charge in [-0.25, -0.2) is 4.98 Å². The number of benzene rings is 1. The van der Waals surface area contributed by atoms with Crippen LogP contribution in [0.25, 0.3) is 0 Å². The molecule has 1 aromatic carbocycles. The van der Waals surface area contributed by atoms with Crippen LogP contribution in [0.1, 0.15) is 23.4 Å². The quantitative estimate of drug-likeness (QED) is 0.788. The number of hydrogen-bond acceptors (Lipinski definition) is 3. The molecule has 0 unspecified atom stereocenters. The van der Waals surface area contributed by atoms with Crippen LogP contribution in [0.5, 0.6) is 0 Å². The number of hydrogen-bond donors (Lipinski definition) is 2. The van der Waals surface area contributed by atoms with Gasteiger partial charge in [-0.05, 0) is 43.1 Å². The number of aryl methyl sites for hydroxylation is 2. The minimum Gasteiger partial charge on any atom is -0.313 e. The molecule has 2 rings (SSSR count). The second-order valence-electron chi connectivity index (χ2n) is 4.28. The van der Waals surface area contributed by atoms with E-state index in [2.05, 4.69) is 33.5 Å². The molecule has 4 nitrogen and oxygen atoms in total. The van der Waals surface area contributed by atoms with Crippen LogP contribution in [0.15, 0.2) is 24.5 Å². The van der Waals surface area contributed by atoms with Crippen molar-refractivity contribution < 1.29 is 0 Å². The van der Waals surface area contributed by atoms with Crippen molar-refractivity contribution in [2.24, 2.45) is 0 Å². The van der Waals surface area contributed by atoms with Gasteiger partial charge in [0.05, 0.1) is 0 Å². The number of halogens is 1. The number of aromatic nitrogens is 3. The van der Waals surface area contributed by atoms with Crippen LogP contribution in [0, 0.1) is 6.92 Å². The maximum atomic E-state index is 5.92. The molecule has 1 heterocycles. The standard InChI is InChI=1S/C13H17ClN4/c1-10-7-12(14)5-4-11(10)8-15-6-2-3-13-16-9-17-18-13/h4-5,7,9,15H,2-3,6,8H2,1H3,(H,16,17,18). The average molecular weight is 265 g/mol. The second kappa shape index (κ2) is 6.52. The molecule has 0 spiro atoms. The van der Waals surface area contributed by atoms with Crippen LogP contribution in [0.2, 0.25) is 5.02 Å². The van der Waals surface area contributed by atoms with E-state index in [1.54, 1.807) is 6.33 Å². The van der Waals surface area contributed by atoms with Crippen molar-refractivity contribution in [2.45, 2.75) is 26.3 Å². The van der Waals surface area contributed by atoms with Crippen LogP contribution in [-0.2, 0) is 13.0 Å². The maximum absolute atomic E-state index is 5.92. The predicted octanol–water partition coefficient (Wildman–Crippen LogP) is 2.49. The molecule has 0 aliphatic rings. The Balaban J connectivity index is 1.69. The van der Waals surface area contributed by atoms with Gasteiger partial charge in [0.2, 0.25) is 0 Å². The Morgan fingerprint density at radius 3 is 3.00 bits per heavy atom. The summed E-state index contributed by atoms with van der Waals surface area (Å²) in [5.41, 5.74) is 2.52. The smallest absolute Gasteiger partial charge is 0.137 e. The van der Waals surface area contributed by atoms with Crippen molar-refractivity contribution in [3.8, 4) is 0 Å². The monoisotopic (exact) mass is 264 g/mol. The summed E-state index contributed by atoms with van der Waals surface area (Å²) < 4.78 is 0. The van der Waals surface area contributed by atoms with Crippen LogP contribution in [0.4, 0.5) is 0 Å². The van der Waals surface area contributed by atoms with E-state index < -0.39 is 0 Å². The Hall–Kier alpha value is -1.39. The van der Waals surface area contributed by atoms with Gasteiger partial charge in [-0.1, -0.05) is 17.7 Å². The van der Waals surface area contributed by atoms with E-state index in [-0.39, 0.29) is 0 Å². The summed E-state index contributed by atoms with van der Waals surface area (Å²) in [6.45, 7) is 3.92. The molecule has 0 saturated heterocycles. The van der Waals surface area contributed by atoms with E-state index >= 15 is 0 Å². The zero-order valence-electron chi connectivity index (χ0n) is 10.4. The van der Waals surface area contributed by atoms with E-state index in [1.165, 1.54) is 11.1 Å². The number of H-pyrrole nitrogens is 1. The summed E-state index contributed by atoms with van der Waals surface area (Å²) in [5, 5.41) is 10.9.